The van der Waals surface area contributed by atoms with Crippen molar-refractivity contribution in [2.45, 2.75) is 20.8 Å². The highest BCUT2D eigenvalue weighted by Crippen LogP contribution is 2.30. The molecule has 1 fully saturated rings. The predicted molar refractivity (Wildman–Crippen MR) is 118 cm³/mol. The molecule has 0 bridgehead atoms. The van der Waals surface area contributed by atoms with Crippen LogP contribution in [0, 0.1) is 13.8 Å². The molecule has 0 atom stereocenters. The SMILES string of the molecule is CCOC(=O)N1CCN(C(=O)c2cc(-c3c(C)nn(C)c3C)nc3ccccc23)CC1. The number of piperazine rings is 1. The number of nitrogens with zero attached hydrogens (tertiary/aromatic N) is 5. The highest BCUT2D eigenvalue weighted by molar-refractivity contribution is 6.07. The van der Waals surface area contributed by atoms with Gasteiger partial charge < -0.3 is 14.5 Å². The van der Waals surface area contributed by atoms with Gasteiger partial charge in [-0.3, -0.25) is 9.48 Å². The third-order valence-electron chi connectivity index (χ3n) is 5.80. The molecule has 0 unspecified atom stereocenters. The van der Waals surface area contributed by atoms with E-state index < -0.39 is 0 Å². The minimum Gasteiger partial charge on any atom is -0.450 e. The summed E-state index contributed by atoms with van der Waals surface area (Å²) in [6.45, 7) is 7.94. The highest BCUT2D eigenvalue weighted by Gasteiger charge is 2.27. The van der Waals surface area contributed by atoms with Crippen molar-refractivity contribution < 1.29 is 14.3 Å². The van der Waals surface area contributed by atoms with Gasteiger partial charge in [0.2, 0.25) is 0 Å². The van der Waals surface area contributed by atoms with Gasteiger partial charge in [-0.2, -0.15) is 5.10 Å². The molecule has 0 saturated carbocycles. The number of para-hydroxylation sites is 1. The molecule has 0 radical (unpaired) electrons. The number of ether oxygens (including phenoxy) is 1. The van der Waals surface area contributed by atoms with Crippen molar-refractivity contribution >= 4 is 22.9 Å². The van der Waals surface area contributed by atoms with Gasteiger partial charge in [-0.25, -0.2) is 9.78 Å². The van der Waals surface area contributed by atoms with Crippen LogP contribution in [0.5, 0.6) is 0 Å². The van der Waals surface area contributed by atoms with Crippen LogP contribution in [0.1, 0.15) is 28.7 Å². The maximum absolute atomic E-state index is 13.5. The first-order chi connectivity index (χ1) is 14.9. The number of hydrogen-bond donors (Lipinski definition) is 0. The zero-order valence-corrected chi connectivity index (χ0v) is 18.4. The summed E-state index contributed by atoms with van der Waals surface area (Å²) in [6, 6.07) is 9.57. The van der Waals surface area contributed by atoms with Crippen molar-refractivity contribution in [1.29, 1.82) is 0 Å². The van der Waals surface area contributed by atoms with Crippen molar-refractivity contribution in [2.24, 2.45) is 7.05 Å². The molecule has 0 N–H and O–H groups in total. The van der Waals surface area contributed by atoms with Gasteiger partial charge in [0.25, 0.3) is 5.91 Å². The number of amides is 2. The maximum Gasteiger partial charge on any atom is 0.409 e. The Bertz CT molecular complexity index is 1150. The number of fused-ring (bicyclic) bond motifs is 1. The smallest absolute Gasteiger partial charge is 0.409 e. The molecule has 3 heterocycles. The lowest BCUT2D eigenvalue weighted by Crippen LogP contribution is -2.50. The van der Waals surface area contributed by atoms with E-state index in [1.54, 1.807) is 16.7 Å². The average molecular weight is 422 g/mol. The molecule has 2 aromatic heterocycles. The van der Waals surface area contributed by atoms with Crippen molar-refractivity contribution in [1.82, 2.24) is 24.6 Å². The van der Waals surface area contributed by atoms with Gasteiger partial charge in [-0.05, 0) is 32.9 Å². The fourth-order valence-corrected chi connectivity index (χ4v) is 4.10. The summed E-state index contributed by atoms with van der Waals surface area (Å²) in [6.07, 6.45) is -0.325. The quantitative estimate of drug-likeness (QED) is 0.649. The zero-order valence-electron chi connectivity index (χ0n) is 18.4. The number of benzene rings is 1. The van der Waals surface area contributed by atoms with E-state index in [2.05, 4.69) is 5.10 Å². The van der Waals surface area contributed by atoms with E-state index in [0.717, 1.165) is 33.5 Å². The molecule has 1 aromatic carbocycles. The Balaban J connectivity index is 1.69. The minimum absolute atomic E-state index is 0.0532. The predicted octanol–water partition coefficient (Wildman–Crippen LogP) is 3.17. The summed E-state index contributed by atoms with van der Waals surface area (Å²) >= 11 is 0. The van der Waals surface area contributed by atoms with Crippen LogP contribution < -0.4 is 0 Å². The summed E-state index contributed by atoms with van der Waals surface area (Å²) in [7, 11) is 1.90. The standard InChI is InChI=1S/C23H27N5O3/c1-5-31-23(30)28-12-10-27(11-13-28)22(29)18-14-20(21-15(2)25-26(4)16(21)3)24-19-9-7-6-8-17(18)19/h6-9,14H,5,10-13H2,1-4H3. The van der Waals surface area contributed by atoms with E-state index in [9.17, 15) is 9.59 Å². The number of hydrogen-bond acceptors (Lipinski definition) is 5. The molecular formula is C23H27N5O3. The van der Waals surface area contributed by atoms with E-state index in [0.29, 0.717) is 38.3 Å². The molecule has 8 heteroatoms. The second kappa shape index (κ2) is 8.37. The van der Waals surface area contributed by atoms with Crippen molar-refractivity contribution in [3.63, 3.8) is 0 Å². The largest absolute Gasteiger partial charge is 0.450 e. The van der Waals surface area contributed by atoms with Gasteiger partial charge in [0.1, 0.15) is 0 Å². The van der Waals surface area contributed by atoms with Gasteiger partial charge >= 0.3 is 6.09 Å². The Hall–Kier alpha value is -3.42. The number of aryl methyl sites for hydroxylation is 2. The lowest BCUT2D eigenvalue weighted by Gasteiger charge is -2.34. The first kappa shape index (κ1) is 20.8. The van der Waals surface area contributed by atoms with Crippen LogP contribution in [0.15, 0.2) is 30.3 Å². The number of pyridine rings is 1. The average Bonchev–Trinajstić information content (AvgIpc) is 3.04. The normalized spacial score (nSPS) is 14.2. The molecular weight excluding hydrogens is 394 g/mol. The number of aromatic nitrogens is 3. The zero-order chi connectivity index (χ0) is 22.1. The fourth-order valence-electron chi connectivity index (χ4n) is 4.10. The van der Waals surface area contributed by atoms with Crippen LogP contribution >= 0.6 is 0 Å². The molecule has 1 saturated heterocycles. The summed E-state index contributed by atoms with van der Waals surface area (Å²) in [5.41, 5.74) is 4.97. The van der Waals surface area contributed by atoms with Crippen molar-refractivity contribution in [3.8, 4) is 11.3 Å². The molecule has 1 aliphatic rings. The molecule has 3 aromatic rings. The topological polar surface area (TPSA) is 80.6 Å². The van der Waals surface area contributed by atoms with E-state index in [-0.39, 0.29) is 12.0 Å². The Morgan fingerprint density at radius 2 is 1.74 bits per heavy atom. The Morgan fingerprint density at radius 1 is 1.06 bits per heavy atom. The van der Waals surface area contributed by atoms with Crippen LogP contribution in [0.4, 0.5) is 4.79 Å². The lowest BCUT2D eigenvalue weighted by atomic mass is 10.0. The first-order valence-electron chi connectivity index (χ1n) is 10.5. The van der Waals surface area contributed by atoms with E-state index in [1.165, 1.54) is 0 Å². The summed E-state index contributed by atoms with van der Waals surface area (Å²) in [5, 5.41) is 5.33. The lowest BCUT2D eigenvalue weighted by molar-refractivity contribution is 0.0572. The Kier molecular flexibility index (Phi) is 5.63. The van der Waals surface area contributed by atoms with E-state index >= 15 is 0 Å². The molecule has 8 nitrogen and oxygen atoms in total. The summed E-state index contributed by atoms with van der Waals surface area (Å²) in [5.74, 6) is -0.0532. The van der Waals surface area contributed by atoms with Gasteiger partial charge in [0.05, 0.1) is 29.1 Å². The maximum atomic E-state index is 13.5. The first-order valence-corrected chi connectivity index (χ1v) is 10.5. The molecule has 4 rings (SSSR count). The molecule has 0 aliphatic carbocycles. The van der Waals surface area contributed by atoms with Crippen molar-refractivity contribution in [2.75, 3.05) is 32.8 Å². The number of carbonyl (C=O) groups is 2. The van der Waals surface area contributed by atoms with Crippen LogP contribution in [-0.4, -0.2) is 69.4 Å². The Morgan fingerprint density at radius 3 is 2.39 bits per heavy atom. The van der Waals surface area contributed by atoms with Crippen LogP contribution in [0.2, 0.25) is 0 Å². The molecule has 1 aliphatic heterocycles. The second-order valence-corrected chi connectivity index (χ2v) is 7.72. The number of rotatable bonds is 3. The number of carbonyl (C=O) groups excluding carboxylic acids is 2. The van der Waals surface area contributed by atoms with Gasteiger partial charge in [-0.1, -0.05) is 18.2 Å². The summed E-state index contributed by atoms with van der Waals surface area (Å²) in [4.78, 5) is 33.8. The molecule has 0 spiro atoms. The monoisotopic (exact) mass is 421 g/mol. The third kappa shape index (κ3) is 3.85. The third-order valence-corrected chi connectivity index (χ3v) is 5.80. The van der Waals surface area contributed by atoms with Crippen LogP contribution in [-0.2, 0) is 11.8 Å². The minimum atomic E-state index is -0.325. The molecule has 2 amide bonds. The van der Waals surface area contributed by atoms with Gasteiger partial charge in [0.15, 0.2) is 0 Å². The van der Waals surface area contributed by atoms with Crippen molar-refractivity contribution in [3.05, 3.63) is 47.3 Å². The Labute approximate surface area is 181 Å². The van der Waals surface area contributed by atoms with Gasteiger partial charge in [0, 0.05) is 49.9 Å². The molecule has 162 valence electrons. The van der Waals surface area contributed by atoms with Crippen LogP contribution in [0.3, 0.4) is 0 Å². The highest BCUT2D eigenvalue weighted by atomic mass is 16.6. The molecule has 31 heavy (non-hydrogen) atoms. The summed E-state index contributed by atoms with van der Waals surface area (Å²) < 4.78 is 6.91. The van der Waals surface area contributed by atoms with Gasteiger partial charge in [-0.15, -0.1) is 0 Å². The van der Waals surface area contributed by atoms with Crippen LogP contribution in [0.25, 0.3) is 22.2 Å². The van der Waals surface area contributed by atoms with E-state index in [4.69, 9.17) is 9.72 Å². The van der Waals surface area contributed by atoms with E-state index in [1.807, 2.05) is 55.9 Å². The second-order valence-electron chi connectivity index (χ2n) is 7.72. The fraction of sp³-hybridized carbons (Fsp3) is 0.391.